The van der Waals surface area contributed by atoms with Crippen molar-refractivity contribution in [3.8, 4) is 28.3 Å². The Balaban J connectivity index is 1.65. The molecule has 0 spiro atoms. The average Bonchev–Trinajstić information content (AvgIpc) is 2.84. The molecule has 33 heavy (non-hydrogen) atoms. The van der Waals surface area contributed by atoms with E-state index in [-0.39, 0.29) is 17.6 Å². The summed E-state index contributed by atoms with van der Waals surface area (Å²) in [5.41, 5.74) is 3.12. The summed E-state index contributed by atoms with van der Waals surface area (Å²) in [6.07, 6.45) is 1.78. The molecule has 4 rings (SSSR count). The van der Waals surface area contributed by atoms with Gasteiger partial charge in [-0.1, -0.05) is 13.8 Å². The van der Waals surface area contributed by atoms with E-state index >= 15 is 0 Å². The van der Waals surface area contributed by atoms with Crippen LogP contribution >= 0.6 is 0 Å². The SMILES string of the molecule is CCOc1ccc(-c2ncc(N3CCN(C(=O)C(C)C)CC3)nc2-c2ccc(F)cc2)cc1. The van der Waals surface area contributed by atoms with Crippen LogP contribution in [0, 0.1) is 11.7 Å². The van der Waals surface area contributed by atoms with E-state index in [1.54, 1.807) is 18.3 Å². The molecule has 7 heteroatoms. The van der Waals surface area contributed by atoms with Crippen molar-refractivity contribution in [2.24, 2.45) is 5.92 Å². The van der Waals surface area contributed by atoms with Gasteiger partial charge in [-0.05, 0) is 55.5 Å². The number of halogens is 1. The zero-order valence-electron chi connectivity index (χ0n) is 19.3. The number of hydrogen-bond acceptors (Lipinski definition) is 5. The third kappa shape index (κ3) is 5.13. The van der Waals surface area contributed by atoms with E-state index in [0.717, 1.165) is 28.4 Å². The minimum absolute atomic E-state index is 0.00480. The molecule has 2 aromatic carbocycles. The fourth-order valence-electron chi connectivity index (χ4n) is 3.95. The van der Waals surface area contributed by atoms with Crippen molar-refractivity contribution >= 4 is 11.7 Å². The number of carbonyl (C=O) groups is 1. The molecule has 1 aliphatic rings. The topological polar surface area (TPSA) is 58.6 Å². The molecule has 0 unspecified atom stereocenters. The van der Waals surface area contributed by atoms with Crippen molar-refractivity contribution in [3.05, 3.63) is 60.5 Å². The van der Waals surface area contributed by atoms with Crippen molar-refractivity contribution < 1.29 is 13.9 Å². The van der Waals surface area contributed by atoms with Crippen LogP contribution in [0.5, 0.6) is 5.75 Å². The van der Waals surface area contributed by atoms with E-state index in [4.69, 9.17) is 14.7 Å². The maximum absolute atomic E-state index is 13.6. The Hall–Kier alpha value is -3.48. The number of piperazine rings is 1. The van der Waals surface area contributed by atoms with Gasteiger partial charge in [0.15, 0.2) is 0 Å². The number of rotatable bonds is 6. The Labute approximate surface area is 194 Å². The van der Waals surface area contributed by atoms with E-state index in [9.17, 15) is 9.18 Å². The summed E-state index contributed by atoms with van der Waals surface area (Å²) in [5, 5.41) is 0. The first kappa shape index (κ1) is 22.7. The molecule has 1 amide bonds. The minimum Gasteiger partial charge on any atom is -0.494 e. The van der Waals surface area contributed by atoms with Crippen molar-refractivity contribution in [2.45, 2.75) is 20.8 Å². The molecule has 1 aliphatic heterocycles. The standard InChI is InChI=1S/C26H29FN4O2/c1-4-33-22-11-7-19(8-12-22)24-25(20-5-9-21(27)10-6-20)29-23(17-28-24)30-13-15-31(16-14-30)26(32)18(2)3/h5-12,17-18H,4,13-16H2,1-3H3. The molecular weight excluding hydrogens is 419 g/mol. The summed E-state index contributed by atoms with van der Waals surface area (Å²) in [7, 11) is 0. The lowest BCUT2D eigenvalue weighted by Crippen LogP contribution is -2.50. The minimum atomic E-state index is -0.295. The van der Waals surface area contributed by atoms with Gasteiger partial charge in [0.1, 0.15) is 17.4 Å². The molecule has 172 valence electrons. The molecule has 0 bridgehead atoms. The summed E-state index contributed by atoms with van der Waals surface area (Å²) in [6, 6.07) is 14.0. The molecule has 1 fully saturated rings. The monoisotopic (exact) mass is 448 g/mol. The molecular formula is C26H29FN4O2. The van der Waals surface area contributed by atoms with Gasteiger partial charge in [0, 0.05) is 43.2 Å². The predicted molar refractivity (Wildman–Crippen MR) is 128 cm³/mol. The number of benzene rings is 2. The number of nitrogens with zero attached hydrogens (tertiary/aromatic N) is 4. The first-order valence-corrected chi connectivity index (χ1v) is 11.4. The van der Waals surface area contributed by atoms with Gasteiger partial charge in [0.25, 0.3) is 0 Å². The van der Waals surface area contributed by atoms with E-state index in [2.05, 4.69) is 4.90 Å². The van der Waals surface area contributed by atoms with Gasteiger partial charge in [-0.15, -0.1) is 0 Å². The van der Waals surface area contributed by atoms with E-state index in [0.29, 0.717) is 38.5 Å². The van der Waals surface area contributed by atoms with Crippen LogP contribution in [0.4, 0.5) is 10.2 Å². The molecule has 0 atom stereocenters. The predicted octanol–water partition coefficient (Wildman–Crippen LogP) is 4.65. The fraction of sp³-hybridized carbons (Fsp3) is 0.346. The maximum Gasteiger partial charge on any atom is 0.225 e. The smallest absolute Gasteiger partial charge is 0.225 e. The van der Waals surface area contributed by atoms with E-state index in [1.807, 2.05) is 49.9 Å². The zero-order chi connectivity index (χ0) is 23.4. The summed E-state index contributed by atoms with van der Waals surface area (Å²) in [5.74, 6) is 1.42. The molecule has 2 heterocycles. The quantitative estimate of drug-likeness (QED) is 0.549. The van der Waals surface area contributed by atoms with Crippen LogP contribution in [-0.2, 0) is 4.79 Å². The van der Waals surface area contributed by atoms with Crippen molar-refractivity contribution in [1.82, 2.24) is 14.9 Å². The summed E-state index contributed by atoms with van der Waals surface area (Å²) in [4.78, 5) is 26.1. The number of anilines is 1. The molecule has 0 saturated carbocycles. The molecule has 0 N–H and O–H groups in total. The molecule has 3 aromatic rings. The fourth-order valence-corrected chi connectivity index (χ4v) is 3.95. The Morgan fingerprint density at radius 1 is 0.970 bits per heavy atom. The molecule has 1 saturated heterocycles. The third-order valence-electron chi connectivity index (χ3n) is 5.73. The number of carbonyl (C=O) groups excluding carboxylic acids is 1. The van der Waals surface area contributed by atoms with Crippen molar-refractivity contribution in [2.75, 3.05) is 37.7 Å². The highest BCUT2D eigenvalue weighted by atomic mass is 19.1. The highest BCUT2D eigenvalue weighted by Crippen LogP contribution is 2.32. The van der Waals surface area contributed by atoms with Crippen molar-refractivity contribution in [3.63, 3.8) is 0 Å². The normalized spacial score (nSPS) is 14.0. The van der Waals surface area contributed by atoms with Gasteiger partial charge in [-0.2, -0.15) is 0 Å². The first-order chi connectivity index (χ1) is 16.0. The van der Waals surface area contributed by atoms with Crippen molar-refractivity contribution in [1.29, 1.82) is 0 Å². The second kappa shape index (κ2) is 9.98. The maximum atomic E-state index is 13.6. The van der Waals surface area contributed by atoms with Gasteiger partial charge in [0.2, 0.25) is 5.91 Å². The Bertz CT molecular complexity index is 1090. The first-order valence-electron chi connectivity index (χ1n) is 11.4. The number of aromatic nitrogens is 2. The third-order valence-corrected chi connectivity index (χ3v) is 5.73. The molecule has 0 radical (unpaired) electrons. The Morgan fingerprint density at radius 2 is 1.58 bits per heavy atom. The summed E-state index contributed by atoms with van der Waals surface area (Å²) >= 11 is 0. The van der Waals surface area contributed by atoms with Crippen LogP contribution in [0.1, 0.15) is 20.8 Å². The zero-order valence-corrected chi connectivity index (χ0v) is 19.3. The highest BCUT2D eigenvalue weighted by Gasteiger charge is 2.24. The molecule has 0 aliphatic carbocycles. The van der Waals surface area contributed by atoms with Crippen LogP contribution in [0.3, 0.4) is 0 Å². The Kier molecular flexibility index (Phi) is 6.87. The summed E-state index contributed by atoms with van der Waals surface area (Å²) in [6.45, 7) is 9.10. The number of ether oxygens (including phenoxy) is 1. The number of amides is 1. The molecule has 6 nitrogen and oxygen atoms in total. The van der Waals surface area contributed by atoms with Gasteiger partial charge in [-0.3, -0.25) is 9.78 Å². The van der Waals surface area contributed by atoms with Crippen LogP contribution in [0.15, 0.2) is 54.7 Å². The lowest BCUT2D eigenvalue weighted by molar-refractivity contribution is -0.134. The van der Waals surface area contributed by atoms with Gasteiger partial charge < -0.3 is 14.5 Å². The largest absolute Gasteiger partial charge is 0.494 e. The van der Waals surface area contributed by atoms with E-state index < -0.39 is 0 Å². The van der Waals surface area contributed by atoms with Crippen LogP contribution in [-0.4, -0.2) is 53.6 Å². The second-order valence-corrected chi connectivity index (χ2v) is 8.36. The Morgan fingerprint density at radius 3 is 2.18 bits per heavy atom. The second-order valence-electron chi connectivity index (χ2n) is 8.36. The summed E-state index contributed by atoms with van der Waals surface area (Å²) < 4.78 is 19.1. The van der Waals surface area contributed by atoms with Gasteiger partial charge in [-0.25, -0.2) is 9.37 Å². The average molecular weight is 449 g/mol. The van der Waals surface area contributed by atoms with Crippen LogP contribution in [0.25, 0.3) is 22.5 Å². The lowest BCUT2D eigenvalue weighted by atomic mass is 10.0. The van der Waals surface area contributed by atoms with Crippen LogP contribution in [0.2, 0.25) is 0 Å². The lowest BCUT2D eigenvalue weighted by Gasteiger charge is -2.36. The highest BCUT2D eigenvalue weighted by molar-refractivity contribution is 5.80. The number of hydrogen-bond donors (Lipinski definition) is 0. The molecule has 1 aromatic heterocycles. The van der Waals surface area contributed by atoms with Crippen LogP contribution < -0.4 is 9.64 Å². The van der Waals surface area contributed by atoms with Gasteiger partial charge in [0.05, 0.1) is 24.2 Å². The van der Waals surface area contributed by atoms with E-state index in [1.165, 1.54) is 12.1 Å². The van der Waals surface area contributed by atoms with Gasteiger partial charge >= 0.3 is 0 Å².